The van der Waals surface area contributed by atoms with Crippen LogP contribution >= 0.6 is 0 Å². The molecule has 0 aromatic heterocycles. The summed E-state index contributed by atoms with van der Waals surface area (Å²) < 4.78 is 0. The minimum atomic E-state index is 1.10. The van der Waals surface area contributed by atoms with Crippen molar-refractivity contribution in [3.05, 3.63) is 54.1 Å². The fourth-order valence-corrected chi connectivity index (χ4v) is 2.91. The molecule has 0 spiro atoms. The Labute approximate surface area is 106 Å². The standard InChI is InChI=1S/C17H15N/c1-2-5-13-9-16-11-17-14(6-3-7-18-17)10-15(16)8-12(13)4-1/h1-2,4-5,8-11,18H,3,6-7H2. The molecule has 0 unspecified atom stereocenters. The lowest BCUT2D eigenvalue weighted by Crippen LogP contribution is -2.11. The molecule has 0 atom stereocenters. The highest BCUT2D eigenvalue weighted by atomic mass is 14.9. The molecule has 88 valence electrons. The third-order valence-corrected chi connectivity index (χ3v) is 3.87. The summed E-state index contributed by atoms with van der Waals surface area (Å²) in [6, 6.07) is 17.8. The van der Waals surface area contributed by atoms with Gasteiger partial charge in [0.25, 0.3) is 0 Å². The normalized spacial score (nSPS) is 14.4. The summed E-state index contributed by atoms with van der Waals surface area (Å²) in [6.07, 6.45) is 2.44. The molecule has 0 amide bonds. The van der Waals surface area contributed by atoms with Crippen LogP contribution in [0.4, 0.5) is 5.69 Å². The first kappa shape index (κ1) is 9.95. The van der Waals surface area contributed by atoms with Crippen LogP contribution in [-0.2, 0) is 6.42 Å². The molecule has 0 saturated carbocycles. The van der Waals surface area contributed by atoms with Gasteiger partial charge in [-0.05, 0) is 64.2 Å². The van der Waals surface area contributed by atoms with Crippen molar-refractivity contribution in [3.63, 3.8) is 0 Å². The van der Waals surface area contributed by atoms with Gasteiger partial charge in [-0.25, -0.2) is 0 Å². The van der Waals surface area contributed by atoms with Crippen LogP contribution in [-0.4, -0.2) is 6.54 Å². The van der Waals surface area contributed by atoms with E-state index in [1.165, 1.54) is 45.6 Å². The fourth-order valence-electron chi connectivity index (χ4n) is 2.91. The minimum absolute atomic E-state index is 1.10. The summed E-state index contributed by atoms with van der Waals surface area (Å²) >= 11 is 0. The van der Waals surface area contributed by atoms with E-state index in [9.17, 15) is 0 Å². The molecule has 3 aromatic rings. The van der Waals surface area contributed by atoms with Crippen molar-refractivity contribution in [3.8, 4) is 0 Å². The molecule has 3 aromatic carbocycles. The van der Waals surface area contributed by atoms with E-state index in [-0.39, 0.29) is 0 Å². The monoisotopic (exact) mass is 233 g/mol. The average Bonchev–Trinajstić information content (AvgIpc) is 2.42. The average molecular weight is 233 g/mol. The van der Waals surface area contributed by atoms with Gasteiger partial charge in [0, 0.05) is 12.2 Å². The first-order valence-corrected chi connectivity index (χ1v) is 6.59. The van der Waals surface area contributed by atoms with Crippen molar-refractivity contribution in [2.45, 2.75) is 12.8 Å². The molecule has 0 radical (unpaired) electrons. The minimum Gasteiger partial charge on any atom is -0.385 e. The molecule has 0 aliphatic carbocycles. The molecule has 1 nitrogen and oxygen atoms in total. The molecule has 0 bridgehead atoms. The second-order valence-electron chi connectivity index (χ2n) is 5.09. The van der Waals surface area contributed by atoms with Crippen LogP contribution in [0.2, 0.25) is 0 Å². The van der Waals surface area contributed by atoms with E-state index < -0.39 is 0 Å². The van der Waals surface area contributed by atoms with Crippen LogP contribution in [0.25, 0.3) is 21.5 Å². The van der Waals surface area contributed by atoms with Crippen LogP contribution in [0.1, 0.15) is 12.0 Å². The Hall–Kier alpha value is -2.02. The number of aryl methyl sites for hydroxylation is 1. The fraction of sp³-hybridized carbons (Fsp3) is 0.176. The SMILES string of the molecule is c1ccc2cc3cc4c(cc3cc2c1)CCCN4. The summed E-state index contributed by atoms with van der Waals surface area (Å²) in [5.74, 6) is 0. The zero-order valence-electron chi connectivity index (χ0n) is 10.2. The first-order chi connectivity index (χ1) is 8.90. The van der Waals surface area contributed by atoms with E-state index in [1.54, 1.807) is 0 Å². The topological polar surface area (TPSA) is 12.0 Å². The smallest absolute Gasteiger partial charge is 0.0379 e. The van der Waals surface area contributed by atoms with E-state index in [0.717, 1.165) is 6.54 Å². The maximum absolute atomic E-state index is 3.50. The van der Waals surface area contributed by atoms with E-state index in [1.807, 2.05) is 0 Å². The van der Waals surface area contributed by atoms with Crippen molar-refractivity contribution in [1.82, 2.24) is 0 Å². The zero-order chi connectivity index (χ0) is 11.9. The van der Waals surface area contributed by atoms with E-state index in [2.05, 4.69) is 53.8 Å². The van der Waals surface area contributed by atoms with Crippen LogP contribution in [0, 0.1) is 0 Å². The number of hydrogen-bond donors (Lipinski definition) is 1. The molecule has 1 heterocycles. The van der Waals surface area contributed by atoms with E-state index in [4.69, 9.17) is 0 Å². The van der Waals surface area contributed by atoms with Crippen molar-refractivity contribution in [2.24, 2.45) is 0 Å². The van der Waals surface area contributed by atoms with Gasteiger partial charge >= 0.3 is 0 Å². The molecule has 18 heavy (non-hydrogen) atoms. The van der Waals surface area contributed by atoms with Gasteiger partial charge in [-0.1, -0.05) is 24.3 Å². The summed E-state index contributed by atoms with van der Waals surface area (Å²) in [4.78, 5) is 0. The van der Waals surface area contributed by atoms with Gasteiger partial charge < -0.3 is 5.32 Å². The van der Waals surface area contributed by atoms with E-state index >= 15 is 0 Å². The Morgan fingerprint density at radius 1 is 0.778 bits per heavy atom. The lowest BCUT2D eigenvalue weighted by atomic mass is 9.97. The number of anilines is 1. The quantitative estimate of drug-likeness (QED) is 0.569. The predicted octanol–water partition coefficient (Wildman–Crippen LogP) is 4.35. The number of nitrogens with one attached hydrogen (secondary N) is 1. The summed E-state index contributed by atoms with van der Waals surface area (Å²) in [5, 5.41) is 8.84. The Bertz CT molecular complexity index is 679. The number of hydrogen-bond acceptors (Lipinski definition) is 1. The molecular weight excluding hydrogens is 218 g/mol. The van der Waals surface area contributed by atoms with Gasteiger partial charge in [-0.15, -0.1) is 0 Å². The van der Waals surface area contributed by atoms with Crippen molar-refractivity contribution in [1.29, 1.82) is 0 Å². The highest BCUT2D eigenvalue weighted by Gasteiger charge is 2.09. The van der Waals surface area contributed by atoms with Crippen LogP contribution in [0.5, 0.6) is 0 Å². The largest absolute Gasteiger partial charge is 0.385 e. The van der Waals surface area contributed by atoms with Crippen molar-refractivity contribution in [2.75, 3.05) is 11.9 Å². The second-order valence-corrected chi connectivity index (χ2v) is 5.09. The maximum atomic E-state index is 3.50. The molecule has 1 N–H and O–H groups in total. The van der Waals surface area contributed by atoms with Gasteiger partial charge in [0.1, 0.15) is 0 Å². The zero-order valence-corrected chi connectivity index (χ0v) is 10.2. The lowest BCUT2D eigenvalue weighted by molar-refractivity contribution is 0.832. The Morgan fingerprint density at radius 2 is 1.50 bits per heavy atom. The van der Waals surface area contributed by atoms with Gasteiger partial charge in [0.2, 0.25) is 0 Å². The van der Waals surface area contributed by atoms with Crippen LogP contribution in [0.3, 0.4) is 0 Å². The molecule has 0 saturated heterocycles. The molecule has 1 aliphatic rings. The van der Waals surface area contributed by atoms with Crippen LogP contribution < -0.4 is 5.32 Å². The number of fused-ring (bicyclic) bond motifs is 3. The molecule has 1 heteroatoms. The van der Waals surface area contributed by atoms with Gasteiger partial charge in [0.15, 0.2) is 0 Å². The van der Waals surface area contributed by atoms with Gasteiger partial charge in [-0.3, -0.25) is 0 Å². The third-order valence-electron chi connectivity index (χ3n) is 3.87. The van der Waals surface area contributed by atoms with Crippen molar-refractivity contribution < 1.29 is 0 Å². The molecule has 1 aliphatic heterocycles. The summed E-state index contributed by atoms with van der Waals surface area (Å²) in [5.41, 5.74) is 2.79. The molecule has 4 rings (SSSR count). The van der Waals surface area contributed by atoms with Gasteiger partial charge in [0.05, 0.1) is 0 Å². The predicted molar refractivity (Wildman–Crippen MR) is 78.3 cm³/mol. The highest BCUT2D eigenvalue weighted by Crippen LogP contribution is 2.30. The highest BCUT2D eigenvalue weighted by molar-refractivity contribution is 5.99. The van der Waals surface area contributed by atoms with E-state index in [0.29, 0.717) is 0 Å². The first-order valence-electron chi connectivity index (χ1n) is 6.59. The molecular formula is C17H15N. The summed E-state index contributed by atoms with van der Waals surface area (Å²) in [6.45, 7) is 1.10. The van der Waals surface area contributed by atoms with Crippen LogP contribution in [0.15, 0.2) is 48.5 Å². The molecule has 0 fully saturated rings. The Kier molecular flexibility index (Phi) is 2.07. The van der Waals surface area contributed by atoms with Crippen molar-refractivity contribution >= 4 is 27.2 Å². The Morgan fingerprint density at radius 3 is 2.28 bits per heavy atom. The number of benzene rings is 3. The lowest BCUT2D eigenvalue weighted by Gasteiger charge is -2.19. The second kappa shape index (κ2) is 3.74. The third kappa shape index (κ3) is 1.47. The Balaban J connectivity index is 2.05. The maximum Gasteiger partial charge on any atom is 0.0379 e. The van der Waals surface area contributed by atoms with Gasteiger partial charge in [-0.2, -0.15) is 0 Å². The summed E-state index contributed by atoms with van der Waals surface area (Å²) in [7, 11) is 0. The number of rotatable bonds is 0.